The monoisotopic (exact) mass is 301 g/mol. The minimum absolute atomic E-state index is 0.306. The molecule has 0 radical (unpaired) electrons. The highest BCUT2D eigenvalue weighted by atomic mass is 19.2. The van der Waals surface area contributed by atoms with E-state index in [9.17, 15) is 22.8 Å². The number of hydrogen-bond acceptors (Lipinski definition) is 4. The summed E-state index contributed by atoms with van der Waals surface area (Å²) in [5, 5.41) is 0. The van der Waals surface area contributed by atoms with Crippen molar-refractivity contribution in [3.05, 3.63) is 41.7 Å². The van der Waals surface area contributed by atoms with E-state index in [-0.39, 0.29) is 13.0 Å². The molecule has 0 N–H and O–H groups in total. The van der Waals surface area contributed by atoms with Crippen molar-refractivity contribution in [3.63, 3.8) is 0 Å². The number of Topliss-reactive ketones (excluding diaryl/α,β-unsaturated/α-hetero) is 1. The molecule has 0 aromatic heterocycles. The summed E-state index contributed by atoms with van der Waals surface area (Å²) in [6.45, 7) is 2.86. The van der Waals surface area contributed by atoms with E-state index in [2.05, 4.69) is 11.3 Å². The minimum atomic E-state index is -1.37. The number of ether oxygens (including phenoxy) is 1. The third kappa shape index (κ3) is 3.84. The number of carbonyl (C=O) groups excluding carboxylic acids is 2. The van der Waals surface area contributed by atoms with Gasteiger partial charge in [0.1, 0.15) is 5.69 Å². The van der Waals surface area contributed by atoms with Crippen molar-refractivity contribution >= 4 is 17.4 Å². The molecule has 0 bridgehead atoms. The maximum Gasteiger partial charge on any atom is 0.330 e. The van der Waals surface area contributed by atoms with E-state index >= 15 is 0 Å². The van der Waals surface area contributed by atoms with Gasteiger partial charge in [-0.2, -0.15) is 0 Å². The predicted octanol–water partition coefficient (Wildman–Crippen LogP) is 2.47. The maximum atomic E-state index is 14.1. The molecule has 0 fully saturated rings. The molecule has 0 aliphatic carbocycles. The zero-order chi connectivity index (χ0) is 16.2. The lowest BCUT2D eigenvalue weighted by atomic mass is 10.1. The molecule has 0 aliphatic heterocycles. The summed E-state index contributed by atoms with van der Waals surface area (Å²) in [4.78, 5) is 23.6. The SMILES string of the molecule is C=CC(=O)OCCC(=O)c1cc(F)c(F)c(N(C)C)c1F. The highest BCUT2D eigenvalue weighted by Crippen LogP contribution is 2.27. The molecule has 1 aromatic rings. The summed E-state index contributed by atoms with van der Waals surface area (Å²) >= 11 is 0. The second-order valence-corrected chi connectivity index (χ2v) is 4.32. The normalized spacial score (nSPS) is 10.1. The zero-order valence-corrected chi connectivity index (χ0v) is 11.6. The van der Waals surface area contributed by atoms with Crippen LogP contribution in [0.25, 0.3) is 0 Å². The van der Waals surface area contributed by atoms with Crippen LogP contribution in [0.2, 0.25) is 0 Å². The van der Waals surface area contributed by atoms with E-state index in [4.69, 9.17) is 0 Å². The van der Waals surface area contributed by atoms with Crippen LogP contribution in [-0.4, -0.2) is 32.5 Å². The van der Waals surface area contributed by atoms with Gasteiger partial charge in [0.2, 0.25) is 0 Å². The molecule has 0 heterocycles. The van der Waals surface area contributed by atoms with Gasteiger partial charge in [-0.25, -0.2) is 18.0 Å². The number of rotatable bonds is 6. The molecule has 1 aromatic carbocycles. The van der Waals surface area contributed by atoms with Crippen LogP contribution in [0, 0.1) is 17.5 Å². The van der Waals surface area contributed by atoms with Gasteiger partial charge in [-0.15, -0.1) is 0 Å². The lowest BCUT2D eigenvalue weighted by Gasteiger charge is -2.16. The van der Waals surface area contributed by atoms with Crippen molar-refractivity contribution in [3.8, 4) is 0 Å². The molecular formula is C14H14F3NO3. The van der Waals surface area contributed by atoms with E-state index in [1.54, 1.807) is 0 Å². The van der Waals surface area contributed by atoms with Crippen LogP contribution < -0.4 is 4.90 Å². The Morgan fingerprint density at radius 1 is 1.29 bits per heavy atom. The summed E-state index contributed by atoms with van der Waals surface area (Å²) in [7, 11) is 2.64. The van der Waals surface area contributed by atoms with Gasteiger partial charge in [-0.05, 0) is 6.07 Å². The number of anilines is 1. The van der Waals surface area contributed by atoms with E-state index in [1.165, 1.54) is 14.1 Å². The lowest BCUT2D eigenvalue weighted by Crippen LogP contribution is -2.17. The molecule has 7 heteroatoms. The topological polar surface area (TPSA) is 46.6 Å². The molecule has 0 spiro atoms. The smallest absolute Gasteiger partial charge is 0.330 e. The number of benzene rings is 1. The number of carbonyl (C=O) groups is 2. The highest BCUT2D eigenvalue weighted by molar-refractivity contribution is 5.97. The van der Waals surface area contributed by atoms with Crippen molar-refractivity contribution in [1.29, 1.82) is 0 Å². The second-order valence-electron chi connectivity index (χ2n) is 4.32. The Morgan fingerprint density at radius 3 is 2.43 bits per heavy atom. The Bertz CT molecular complexity index is 585. The van der Waals surface area contributed by atoms with Crippen LogP contribution in [0.15, 0.2) is 18.7 Å². The van der Waals surface area contributed by atoms with Gasteiger partial charge in [0.05, 0.1) is 12.2 Å². The fourth-order valence-electron chi connectivity index (χ4n) is 1.62. The van der Waals surface area contributed by atoms with Crippen LogP contribution in [-0.2, 0) is 9.53 Å². The van der Waals surface area contributed by atoms with Crippen LogP contribution in [0.4, 0.5) is 18.9 Å². The van der Waals surface area contributed by atoms with Gasteiger partial charge in [0.25, 0.3) is 0 Å². The standard InChI is InChI=1S/C14H14F3NO3/c1-4-11(20)21-6-5-10(19)8-7-9(15)13(17)14(12(8)16)18(2)3/h4,7H,1,5-6H2,2-3H3. The number of esters is 1. The first-order chi connectivity index (χ1) is 9.79. The third-order valence-electron chi connectivity index (χ3n) is 2.62. The van der Waals surface area contributed by atoms with Crippen molar-refractivity contribution in [2.45, 2.75) is 6.42 Å². The van der Waals surface area contributed by atoms with Gasteiger partial charge >= 0.3 is 5.97 Å². The first-order valence-electron chi connectivity index (χ1n) is 5.96. The number of nitrogens with zero attached hydrogens (tertiary/aromatic N) is 1. The average Bonchev–Trinajstić information content (AvgIpc) is 2.42. The van der Waals surface area contributed by atoms with Crippen molar-refractivity contribution in [2.75, 3.05) is 25.6 Å². The van der Waals surface area contributed by atoms with Crippen molar-refractivity contribution in [2.24, 2.45) is 0 Å². The molecule has 1 rings (SSSR count). The van der Waals surface area contributed by atoms with Crippen LogP contribution in [0.5, 0.6) is 0 Å². The zero-order valence-electron chi connectivity index (χ0n) is 11.6. The molecule has 0 atom stereocenters. The largest absolute Gasteiger partial charge is 0.462 e. The Hall–Kier alpha value is -2.31. The van der Waals surface area contributed by atoms with Crippen LogP contribution in [0.3, 0.4) is 0 Å². The fraction of sp³-hybridized carbons (Fsp3) is 0.286. The summed E-state index contributed by atoms with van der Waals surface area (Å²) < 4.78 is 45.6. The number of halogens is 3. The summed E-state index contributed by atoms with van der Waals surface area (Å²) in [5.74, 6) is -5.38. The Morgan fingerprint density at radius 2 is 1.90 bits per heavy atom. The number of hydrogen-bond donors (Lipinski definition) is 0. The first-order valence-corrected chi connectivity index (χ1v) is 5.96. The van der Waals surface area contributed by atoms with Gasteiger partial charge in [-0.3, -0.25) is 4.79 Å². The number of ketones is 1. The summed E-state index contributed by atoms with van der Waals surface area (Å²) in [6.07, 6.45) is 0.557. The van der Waals surface area contributed by atoms with Gasteiger partial charge in [-0.1, -0.05) is 6.58 Å². The van der Waals surface area contributed by atoms with Gasteiger partial charge in [0.15, 0.2) is 23.2 Å². The molecule has 0 amide bonds. The van der Waals surface area contributed by atoms with E-state index < -0.39 is 40.5 Å². The van der Waals surface area contributed by atoms with Crippen LogP contribution in [0.1, 0.15) is 16.8 Å². The minimum Gasteiger partial charge on any atom is -0.462 e. The van der Waals surface area contributed by atoms with Crippen molar-refractivity contribution in [1.82, 2.24) is 0 Å². The van der Waals surface area contributed by atoms with Crippen LogP contribution >= 0.6 is 0 Å². The summed E-state index contributed by atoms with van der Waals surface area (Å²) in [6, 6.07) is 0.495. The van der Waals surface area contributed by atoms with Gasteiger partial charge in [0, 0.05) is 26.6 Å². The molecule has 0 saturated carbocycles. The Balaban J connectivity index is 3.00. The molecule has 0 unspecified atom stereocenters. The third-order valence-corrected chi connectivity index (χ3v) is 2.62. The second kappa shape index (κ2) is 6.92. The molecule has 4 nitrogen and oxygen atoms in total. The lowest BCUT2D eigenvalue weighted by molar-refractivity contribution is -0.137. The molecule has 0 saturated heterocycles. The predicted molar refractivity (Wildman–Crippen MR) is 70.7 cm³/mol. The Kier molecular flexibility index (Phi) is 5.52. The van der Waals surface area contributed by atoms with E-state index in [0.717, 1.165) is 11.0 Å². The maximum absolute atomic E-state index is 14.1. The average molecular weight is 301 g/mol. The van der Waals surface area contributed by atoms with E-state index in [1.807, 2.05) is 0 Å². The quantitative estimate of drug-likeness (QED) is 0.350. The highest BCUT2D eigenvalue weighted by Gasteiger charge is 2.23. The molecule has 0 aliphatic rings. The summed E-state index contributed by atoms with van der Waals surface area (Å²) in [5.41, 5.74) is -1.23. The van der Waals surface area contributed by atoms with Crippen molar-refractivity contribution < 1.29 is 27.5 Å². The molecule has 114 valence electrons. The molecular weight excluding hydrogens is 287 g/mol. The first kappa shape index (κ1) is 16.7. The molecule has 21 heavy (non-hydrogen) atoms. The fourth-order valence-corrected chi connectivity index (χ4v) is 1.62. The van der Waals surface area contributed by atoms with E-state index in [0.29, 0.717) is 6.07 Å². The van der Waals surface area contributed by atoms with Gasteiger partial charge < -0.3 is 9.64 Å². The Labute approximate surface area is 119 Å².